The third-order valence-corrected chi connectivity index (χ3v) is 8.47. The van der Waals surface area contributed by atoms with Gasteiger partial charge in [-0.15, -0.1) is 23.1 Å². The van der Waals surface area contributed by atoms with Gasteiger partial charge >= 0.3 is 0 Å². The van der Waals surface area contributed by atoms with Gasteiger partial charge in [-0.05, 0) is 71.0 Å². The molecule has 0 aliphatic carbocycles. The molecule has 1 aromatic heterocycles. The number of piperidine rings is 1. The summed E-state index contributed by atoms with van der Waals surface area (Å²) in [6, 6.07) is 8.59. The lowest BCUT2D eigenvalue weighted by molar-refractivity contribution is -0.0133. The molecule has 0 radical (unpaired) electrons. The van der Waals surface area contributed by atoms with Crippen LogP contribution in [0.5, 0.6) is 0 Å². The van der Waals surface area contributed by atoms with Crippen molar-refractivity contribution in [1.82, 2.24) is 9.80 Å². The first-order valence-electron chi connectivity index (χ1n) is 9.80. The number of likely N-dealkylation sites (tertiary alicyclic amines) is 1. The number of fused-ring (bicyclic) bond motifs is 2. The maximum Gasteiger partial charge on any atom is 0.120 e. The first-order valence-corrected chi connectivity index (χ1v) is 11.6. The summed E-state index contributed by atoms with van der Waals surface area (Å²) in [5.74, 6) is 1.21. The highest BCUT2D eigenvalue weighted by Crippen LogP contribution is 2.53. The maximum atomic E-state index is 12.5. The van der Waals surface area contributed by atoms with Crippen molar-refractivity contribution in [3.8, 4) is 0 Å². The van der Waals surface area contributed by atoms with Crippen molar-refractivity contribution in [3.63, 3.8) is 0 Å². The second-order valence-electron chi connectivity index (χ2n) is 8.31. The van der Waals surface area contributed by atoms with Gasteiger partial charge in [0.15, 0.2) is 0 Å². The number of hydrogen-bond donors (Lipinski definition) is 1. The number of thiophene rings is 1. The van der Waals surface area contributed by atoms with Crippen LogP contribution in [0.4, 0.5) is 0 Å². The van der Waals surface area contributed by atoms with Gasteiger partial charge in [0.25, 0.3) is 0 Å². The predicted octanol–water partition coefficient (Wildman–Crippen LogP) is 4.30. The Morgan fingerprint density at radius 1 is 1.22 bits per heavy atom. The highest BCUT2D eigenvalue weighted by atomic mass is 32.2. The van der Waals surface area contributed by atoms with Gasteiger partial charge in [-0.3, -0.25) is 0 Å². The van der Waals surface area contributed by atoms with Crippen molar-refractivity contribution in [2.75, 3.05) is 34.2 Å². The molecule has 1 unspecified atom stereocenters. The van der Waals surface area contributed by atoms with Crippen LogP contribution in [0.2, 0.25) is 0 Å². The van der Waals surface area contributed by atoms with Gasteiger partial charge in [0, 0.05) is 32.5 Å². The van der Waals surface area contributed by atoms with Crippen LogP contribution in [0.15, 0.2) is 29.2 Å². The van der Waals surface area contributed by atoms with E-state index in [1.165, 1.54) is 25.8 Å². The van der Waals surface area contributed by atoms with Gasteiger partial charge in [-0.2, -0.15) is 0 Å². The van der Waals surface area contributed by atoms with E-state index in [1.807, 2.05) is 23.1 Å². The smallest absolute Gasteiger partial charge is 0.120 e. The average Bonchev–Trinajstić information content (AvgIpc) is 2.86. The molecular formula is C22H30N2OS2. The molecule has 3 nitrogen and oxygen atoms in total. The summed E-state index contributed by atoms with van der Waals surface area (Å²) in [5.41, 5.74) is 2.76. The third-order valence-electron chi connectivity index (χ3n) is 6.06. The summed E-state index contributed by atoms with van der Waals surface area (Å²) >= 11 is 3.80. The molecule has 4 rings (SSSR count). The molecule has 27 heavy (non-hydrogen) atoms. The largest absolute Gasteiger partial charge is 0.380 e. The minimum absolute atomic E-state index is 0.271. The van der Waals surface area contributed by atoms with Crippen molar-refractivity contribution >= 4 is 23.1 Å². The summed E-state index contributed by atoms with van der Waals surface area (Å²) in [7, 11) is 6.44. The molecule has 1 fully saturated rings. The second-order valence-corrected chi connectivity index (χ2v) is 10.6. The molecule has 2 aromatic rings. The molecule has 1 aromatic carbocycles. The lowest BCUT2D eigenvalue weighted by Gasteiger charge is -2.42. The Morgan fingerprint density at radius 2 is 1.93 bits per heavy atom. The summed E-state index contributed by atoms with van der Waals surface area (Å²) in [4.78, 5) is 8.64. The molecule has 1 atom stereocenters. The second kappa shape index (κ2) is 7.53. The number of aliphatic hydroxyl groups is 1. The van der Waals surface area contributed by atoms with E-state index in [4.69, 9.17) is 0 Å². The number of benzene rings is 1. The van der Waals surface area contributed by atoms with Crippen molar-refractivity contribution in [2.45, 2.75) is 42.6 Å². The summed E-state index contributed by atoms with van der Waals surface area (Å²) in [6.45, 7) is 5.27. The molecule has 0 spiro atoms. The monoisotopic (exact) mass is 402 g/mol. The number of thioether (sulfide) groups is 1. The minimum Gasteiger partial charge on any atom is -0.380 e. The zero-order chi connectivity index (χ0) is 19.2. The standard InChI is InChI=1S/C22H30N2OS2/c1-15-20-21(19(27-15)13-23(2)3)26-14-16-7-5-6-8-18(16)22(20,25)17-9-11-24(4)12-10-17/h5-8,17,25H,9-14H2,1-4H3. The predicted molar refractivity (Wildman–Crippen MR) is 116 cm³/mol. The van der Waals surface area contributed by atoms with Crippen LogP contribution in [-0.4, -0.2) is 49.1 Å². The van der Waals surface area contributed by atoms with Crippen LogP contribution in [0.25, 0.3) is 0 Å². The van der Waals surface area contributed by atoms with E-state index in [-0.39, 0.29) is 5.92 Å². The van der Waals surface area contributed by atoms with E-state index >= 15 is 0 Å². The van der Waals surface area contributed by atoms with E-state index < -0.39 is 5.60 Å². The van der Waals surface area contributed by atoms with Gasteiger partial charge in [-0.25, -0.2) is 0 Å². The van der Waals surface area contributed by atoms with Gasteiger partial charge < -0.3 is 14.9 Å². The van der Waals surface area contributed by atoms with Crippen LogP contribution < -0.4 is 0 Å². The molecule has 5 heteroatoms. The van der Waals surface area contributed by atoms with Gasteiger partial charge in [-0.1, -0.05) is 24.3 Å². The fourth-order valence-electron chi connectivity index (χ4n) is 4.72. The Hall–Kier alpha value is -0.850. The summed E-state index contributed by atoms with van der Waals surface area (Å²) in [5, 5.41) is 12.5. The van der Waals surface area contributed by atoms with Gasteiger partial charge in [0.05, 0.1) is 0 Å². The van der Waals surface area contributed by atoms with E-state index in [1.54, 1.807) is 0 Å². The van der Waals surface area contributed by atoms with Crippen molar-refractivity contribution in [1.29, 1.82) is 0 Å². The number of aryl methyl sites for hydroxylation is 1. The SMILES string of the molecule is Cc1sc(CN(C)C)c2c1C(O)(C1CCN(C)CC1)c1ccccc1CS2. The van der Waals surface area contributed by atoms with Gasteiger partial charge in [0.2, 0.25) is 0 Å². The topological polar surface area (TPSA) is 26.7 Å². The molecular weight excluding hydrogens is 372 g/mol. The molecule has 0 saturated carbocycles. The van der Waals surface area contributed by atoms with E-state index in [0.29, 0.717) is 0 Å². The Morgan fingerprint density at radius 3 is 2.63 bits per heavy atom. The fourth-order valence-corrected chi connectivity index (χ4v) is 7.56. The minimum atomic E-state index is -0.873. The molecule has 0 bridgehead atoms. The first-order chi connectivity index (χ1) is 12.9. The molecule has 146 valence electrons. The summed E-state index contributed by atoms with van der Waals surface area (Å²) < 4.78 is 0. The van der Waals surface area contributed by atoms with Crippen LogP contribution in [0.3, 0.4) is 0 Å². The maximum absolute atomic E-state index is 12.5. The lowest BCUT2D eigenvalue weighted by atomic mass is 9.71. The van der Waals surface area contributed by atoms with Crippen molar-refractivity contribution in [3.05, 3.63) is 50.7 Å². The normalized spacial score (nSPS) is 23.9. The van der Waals surface area contributed by atoms with Crippen LogP contribution in [0, 0.1) is 12.8 Å². The number of hydrogen-bond acceptors (Lipinski definition) is 5. The van der Waals surface area contributed by atoms with Crippen molar-refractivity contribution in [2.24, 2.45) is 5.92 Å². The van der Waals surface area contributed by atoms with E-state index in [0.717, 1.165) is 43.8 Å². The Balaban J connectivity index is 1.90. The van der Waals surface area contributed by atoms with Crippen LogP contribution in [0.1, 0.15) is 39.3 Å². The Labute approximate surface area is 171 Å². The molecule has 1 saturated heterocycles. The molecule has 3 heterocycles. The Bertz CT molecular complexity index is 824. The lowest BCUT2D eigenvalue weighted by Crippen LogP contribution is -2.43. The fraction of sp³-hybridized carbons (Fsp3) is 0.545. The van der Waals surface area contributed by atoms with E-state index in [9.17, 15) is 5.11 Å². The zero-order valence-electron chi connectivity index (χ0n) is 16.8. The van der Waals surface area contributed by atoms with Crippen LogP contribution in [-0.2, 0) is 17.9 Å². The molecule has 1 N–H and O–H groups in total. The van der Waals surface area contributed by atoms with E-state index in [2.05, 4.69) is 62.1 Å². The summed E-state index contributed by atoms with van der Waals surface area (Å²) in [6.07, 6.45) is 2.09. The molecule has 0 amide bonds. The molecule has 2 aliphatic heterocycles. The highest BCUT2D eigenvalue weighted by Gasteiger charge is 2.47. The number of rotatable bonds is 3. The average molecular weight is 403 g/mol. The Kier molecular flexibility index (Phi) is 5.43. The first kappa shape index (κ1) is 19.5. The zero-order valence-corrected chi connectivity index (χ0v) is 18.4. The third kappa shape index (κ3) is 3.38. The van der Waals surface area contributed by atoms with Crippen molar-refractivity contribution < 1.29 is 5.11 Å². The molecule has 2 aliphatic rings. The quantitative estimate of drug-likeness (QED) is 0.828. The highest BCUT2D eigenvalue weighted by molar-refractivity contribution is 7.98. The number of nitrogens with zero attached hydrogens (tertiary/aromatic N) is 2. The van der Waals surface area contributed by atoms with Crippen LogP contribution >= 0.6 is 23.1 Å². The van der Waals surface area contributed by atoms with Gasteiger partial charge in [0.1, 0.15) is 5.60 Å².